The summed E-state index contributed by atoms with van der Waals surface area (Å²) in [7, 11) is 1.68. The SMILES string of the molecule is COc1cccc(-c2ccc3c(c2)C2(CCOCC2)CN3C(=O)Cc2ccccn2)c1.O=C(O)C(F)(F)F. The first-order valence-electron chi connectivity index (χ1n) is 12.0. The van der Waals surface area contributed by atoms with Gasteiger partial charge in [-0.2, -0.15) is 13.2 Å². The molecule has 0 unspecified atom stereocenters. The summed E-state index contributed by atoms with van der Waals surface area (Å²) in [5.41, 5.74) is 5.28. The number of hydrogen-bond acceptors (Lipinski definition) is 5. The van der Waals surface area contributed by atoms with Crippen molar-refractivity contribution in [3.63, 3.8) is 0 Å². The standard InChI is InChI=1S/C26H26N2O3.C2HF3O2/c1-30-22-7-4-5-19(15-22)20-8-9-24-23(16-20)26(10-13-31-14-11-26)18-28(24)25(29)17-21-6-2-3-12-27-21;3-2(4,5)1(6)7/h2-9,12,15-16H,10-11,13-14,17-18H2,1H3;(H,6,7). The summed E-state index contributed by atoms with van der Waals surface area (Å²) in [5, 5.41) is 7.12. The van der Waals surface area contributed by atoms with Crippen LogP contribution in [0, 0.1) is 0 Å². The topological polar surface area (TPSA) is 89.0 Å². The highest BCUT2D eigenvalue weighted by atomic mass is 19.4. The summed E-state index contributed by atoms with van der Waals surface area (Å²) in [6.07, 6.45) is -1.19. The smallest absolute Gasteiger partial charge is 0.490 e. The molecule has 2 aliphatic heterocycles. The van der Waals surface area contributed by atoms with Crippen molar-refractivity contribution in [2.24, 2.45) is 0 Å². The average molecular weight is 529 g/mol. The number of carboxylic acids is 1. The monoisotopic (exact) mass is 528 g/mol. The zero-order valence-corrected chi connectivity index (χ0v) is 20.7. The van der Waals surface area contributed by atoms with E-state index in [1.165, 1.54) is 5.56 Å². The molecule has 2 aromatic carbocycles. The molecule has 10 heteroatoms. The van der Waals surface area contributed by atoms with Crippen molar-refractivity contribution in [2.45, 2.75) is 30.9 Å². The van der Waals surface area contributed by atoms with Gasteiger partial charge in [-0.1, -0.05) is 24.3 Å². The third-order valence-electron chi connectivity index (χ3n) is 6.77. The van der Waals surface area contributed by atoms with Crippen LogP contribution in [0.3, 0.4) is 0 Å². The first-order valence-corrected chi connectivity index (χ1v) is 12.0. The highest BCUT2D eigenvalue weighted by Crippen LogP contribution is 2.48. The molecule has 7 nitrogen and oxygen atoms in total. The van der Waals surface area contributed by atoms with Crippen molar-refractivity contribution in [3.05, 3.63) is 78.1 Å². The summed E-state index contributed by atoms with van der Waals surface area (Å²) in [6.45, 7) is 2.16. The van der Waals surface area contributed by atoms with E-state index in [2.05, 4.69) is 35.3 Å². The van der Waals surface area contributed by atoms with Crippen LogP contribution in [0.4, 0.5) is 18.9 Å². The van der Waals surface area contributed by atoms with Crippen LogP contribution in [0.5, 0.6) is 5.75 Å². The lowest BCUT2D eigenvalue weighted by Crippen LogP contribution is -2.41. The summed E-state index contributed by atoms with van der Waals surface area (Å²) in [6, 6.07) is 20.3. The van der Waals surface area contributed by atoms with Crippen molar-refractivity contribution in [1.29, 1.82) is 0 Å². The van der Waals surface area contributed by atoms with Gasteiger partial charge >= 0.3 is 12.1 Å². The summed E-state index contributed by atoms with van der Waals surface area (Å²) >= 11 is 0. The van der Waals surface area contributed by atoms with E-state index in [4.69, 9.17) is 19.4 Å². The lowest BCUT2D eigenvalue weighted by atomic mass is 9.75. The fourth-order valence-electron chi connectivity index (χ4n) is 4.82. The maximum absolute atomic E-state index is 13.3. The van der Waals surface area contributed by atoms with E-state index < -0.39 is 12.1 Å². The number of methoxy groups -OCH3 is 1. The molecule has 200 valence electrons. The number of carbonyl (C=O) groups is 2. The molecule has 2 aliphatic rings. The average Bonchev–Trinajstić information content (AvgIpc) is 3.22. The van der Waals surface area contributed by atoms with Crippen LogP contribution in [0.1, 0.15) is 24.1 Å². The predicted octanol–water partition coefficient (Wildman–Crippen LogP) is 5.03. The number of aromatic nitrogens is 1. The zero-order valence-electron chi connectivity index (χ0n) is 20.7. The fourth-order valence-corrected chi connectivity index (χ4v) is 4.82. The molecule has 3 heterocycles. The van der Waals surface area contributed by atoms with Crippen molar-refractivity contribution < 1.29 is 37.3 Å². The number of amides is 1. The number of rotatable bonds is 4. The molecule has 3 aromatic rings. The lowest BCUT2D eigenvalue weighted by molar-refractivity contribution is -0.192. The fraction of sp³-hybridized carbons (Fsp3) is 0.321. The number of ether oxygens (including phenoxy) is 2. The van der Waals surface area contributed by atoms with Gasteiger partial charge in [0.05, 0.1) is 13.5 Å². The number of alkyl halides is 3. The highest BCUT2D eigenvalue weighted by molar-refractivity contribution is 5.98. The van der Waals surface area contributed by atoms with Crippen LogP contribution in [0.2, 0.25) is 0 Å². The summed E-state index contributed by atoms with van der Waals surface area (Å²) < 4.78 is 42.8. The Morgan fingerprint density at radius 3 is 2.39 bits per heavy atom. The number of benzene rings is 2. The van der Waals surface area contributed by atoms with E-state index in [0.29, 0.717) is 13.0 Å². The molecule has 1 saturated heterocycles. The first kappa shape index (κ1) is 27.1. The second-order valence-electron chi connectivity index (χ2n) is 9.14. The number of fused-ring (bicyclic) bond motifs is 2. The van der Waals surface area contributed by atoms with E-state index in [-0.39, 0.29) is 11.3 Å². The molecule has 0 atom stereocenters. The van der Waals surface area contributed by atoms with Gasteiger partial charge in [0, 0.05) is 42.8 Å². The predicted molar refractivity (Wildman–Crippen MR) is 134 cm³/mol. The second kappa shape index (κ2) is 11.2. The van der Waals surface area contributed by atoms with E-state index in [1.54, 1.807) is 13.3 Å². The van der Waals surface area contributed by atoms with Gasteiger partial charge in [0.2, 0.25) is 5.91 Å². The number of nitrogens with zero attached hydrogens (tertiary/aromatic N) is 2. The minimum atomic E-state index is -5.08. The number of anilines is 1. The molecule has 0 saturated carbocycles. The second-order valence-corrected chi connectivity index (χ2v) is 9.14. The van der Waals surface area contributed by atoms with Gasteiger partial charge < -0.3 is 19.5 Å². The number of pyridine rings is 1. The minimum absolute atomic E-state index is 0.0533. The molecular weight excluding hydrogens is 501 g/mol. The van der Waals surface area contributed by atoms with E-state index in [9.17, 15) is 18.0 Å². The number of halogens is 3. The van der Waals surface area contributed by atoms with Crippen LogP contribution in [-0.2, 0) is 26.2 Å². The van der Waals surface area contributed by atoms with Crippen molar-refractivity contribution >= 4 is 17.6 Å². The Balaban J connectivity index is 0.000000426. The quantitative estimate of drug-likeness (QED) is 0.511. The van der Waals surface area contributed by atoms with Gasteiger partial charge in [-0.05, 0) is 65.9 Å². The van der Waals surface area contributed by atoms with Gasteiger partial charge in [-0.3, -0.25) is 9.78 Å². The first-order chi connectivity index (χ1) is 18.1. The molecule has 0 aliphatic carbocycles. The number of aliphatic carboxylic acids is 1. The lowest BCUT2D eigenvalue weighted by Gasteiger charge is -2.34. The van der Waals surface area contributed by atoms with Crippen LogP contribution >= 0.6 is 0 Å². The molecule has 1 aromatic heterocycles. The van der Waals surface area contributed by atoms with E-state index >= 15 is 0 Å². The third-order valence-corrected chi connectivity index (χ3v) is 6.77. The Labute approximate surface area is 217 Å². The Hall–Kier alpha value is -3.92. The molecule has 1 amide bonds. The van der Waals surface area contributed by atoms with Gasteiger partial charge in [0.15, 0.2) is 0 Å². The van der Waals surface area contributed by atoms with Gasteiger partial charge in [-0.15, -0.1) is 0 Å². The summed E-state index contributed by atoms with van der Waals surface area (Å²) in [4.78, 5) is 28.5. The van der Waals surface area contributed by atoms with Gasteiger partial charge in [0.1, 0.15) is 5.75 Å². The maximum Gasteiger partial charge on any atom is 0.490 e. The Morgan fingerprint density at radius 2 is 1.76 bits per heavy atom. The number of carbonyl (C=O) groups excluding carboxylic acids is 1. The van der Waals surface area contributed by atoms with Crippen LogP contribution in [0.25, 0.3) is 11.1 Å². The van der Waals surface area contributed by atoms with Crippen LogP contribution < -0.4 is 9.64 Å². The third kappa shape index (κ3) is 5.96. The molecule has 38 heavy (non-hydrogen) atoms. The van der Waals surface area contributed by atoms with E-state index in [0.717, 1.165) is 54.3 Å². The van der Waals surface area contributed by atoms with E-state index in [1.807, 2.05) is 35.2 Å². The zero-order chi connectivity index (χ0) is 27.3. The maximum atomic E-state index is 13.3. The Morgan fingerprint density at radius 1 is 1.05 bits per heavy atom. The molecule has 1 fully saturated rings. The minimum Gasteiger partial charge on any atom is -0.497 e. The highest BCUT2D eigenvalue weighted by Gasteiger charge is 2.45. The number of carboxylic acid groups (broad SMARTS) is 1. The number of hydrogen-bond donors (Lipinski definition) is 1. The van der Waals surface area contributed by atoms with Crippen LogP contribution in [0.15, 0.2) is 66.9 Å². The van der Waals surface area contributed by atoms with Crippen LogP contribution in [-0.4, -0.2) is 55.0 Å². The van der Waals surface area contributed by atoms with Crippen molar-refractivity contribution in [1.82, 2.24) is 4.98 Å². The van der Waals surface area contributed by atoms with Crippen molar-refractivity contribution in [2.75, 3.05) is 31.8 Å². The molecular formula is C28H27F3N2O5. The molecule has 0 radical (unpaired) electrons. The summed E-state index contributed by atoms with van der Waals surface area (Å²) in [5.74, 6) is -1.82. The Kier molecular flexibility index (Phi) is 8.01. The largest absolute Gasteiger partial charge is 0.497 e. The molecule has 0 bridgehead atoms. The molecule has 1 spiro atoms. The van der Waals surface area contributed by atoms with Gasteiger partial charge in [-0.25, -0.2) is 4.79 Å². The Bertz CT molecular complexity index is 1290. The molecule has 5 rings (SSSR count). The van der Waals surface area contributed by atoms with Gasteiger partial charge in [0.25, 0.3) is 0 Å². The van der Waals surface area contributed by atoms with Crippen molar-refractivity contribution in [3.8, 4) is 16.9 Å². The normalized spacial score (nSPS) is 15.8. The molecule has 1 N–H and O–H groups in total.